The van der Waals surface area contributed by atoms with E-state index in [0.29, 0.717) is 23.4 Å². The number of ether oxygens (including phenoxy) is 1. The molecule has 0 atom stereocenters. The standard InChI is InChI=1S/C21H22N2O3/c1-5-26-16-11-9-15(10-12-16)18-19(21(25)23(4)20(18)24)22-17-8-6-7-13(2)14(17)3/h6-12,22H,5H2,1-4H3. The minimum Gasteiger partial charge on any atom is -0.494 e. The third-order valence-corrected chi connectivity index (χ3v) is 4.61. The highest BCUT2D eigenvalue weighted by molar-refractivity contribution is 6.36. The lowest BCUT2D eigenvalue weighted by atomic mass is 10.0. The topological polar surface area (TPSA) is 58.6 Å². The molecule has 0 unspecified atom stereocenters. The SMILES string of the molecule is CCOc1ccc(C2=C(Nc3cccc(C)c3C)C(=O)N(C)C2=O)cc1. The first-order valence-corrected chi connectivity index (χ1v) is 8.57. The number of imide groups is 1. The molecule has 1 aliphatic rings. The summed E-state index contributed by atoms with van der Waals surface area (Å²) in [5.74, 6) is 0.0813. The second-order valence-corrected chi connectivity index (χ2v) is 6.25. The van der Waals surface area contributed by atoms with Crippen LogP contribution in [0.4, 0.5) is 5.69 Å². The summed E-state index contributed by atoms with van der Waals surface area (Å²) in [6, 6.07) is 13.0. The Kier molecular flexibility index (Phi) is 4.80. The molecule has 0 aliphatic carbocycles. The molecule has 0 radical (unpaired) electrons. The van der Waals surface area contributed by atoms with Gasteiger partial charge in [-0.25, -0.2) is 0 Å². The third-order valence-electron chi connectivity index (χ3n) is 4.61. The number of amides is 2. The van der Waals surface area contributed by atoms with Crippen LogP contribution in [0, 0.1) is 13.8 Å². The second-order valence-electron chi connectivity index (χ2n) is 6.25. The Morgan fingerprint density at radius 2 is 1.69 bits per heavy atom. The van der Waals surface area contributed by atoms with Crippen molar-refractivity contribution in [1.29, 1.82) is 0 Å². The van der Waals surface area contributed by atoms with Crippen LogP contribution >= 0.6 is 0 Å². The quantitative estimate of drug-likeness (QED) is 0.838. The number of benzene rings is 2. The summed E-state index contributed by atoms with van der Waals surface area (Å²) in [6.07, 6.45) is 0. The lowest BCUT2D eigenvalue weighted by Gasteiger charge is -2.13. The van der Waals surface area contributed by atoms with Crippen molar-refractivity contribution in [2.24, 2.45) is 0 Å². The van der Waals surface area contributed by atoms with E-state index in [9.17, 15) is 9.59 Å². The number of hydrogen-bond donors (Lipinski definition) is 1. The lowest BCUT2D eigenvalue weighted by Crippen LogP contribution is -2.28. The fraction of sp³-hybridized carbons (Fsp3) is 0.238. The van der Waals surface area contributed by atoms with Crippen molar-refractivity contribution in [3.05, 3.63) is 64.9 Å². The molecule has 2 amide bonds. The summed E-state index contributed by atoms with van der Waals surface area (Å²) in [5, 5.41) is 3.19. The highest BCUT2D eigenvalue weighted by Gasteiger charge is 2.36. The molecule has 5 heteroatoms. The first kappa shape index (κ1) is 17.7. The Balaban J connectivity index is 2.05. The largest absolute Gasteiger partial charge is 0.494 e. The van der Waals surface area contributed by atoms with E-state index in [1.165, 1.54) is 7.05 Å². The number of aryl methyl sites for hydroxylation is 1. The van der Waals surface area contributed by atoms with Crippen molar-refractivity contribution in [3.8, 4) is 5.75 Å². The molecule has 26 heavy (non-hydrogen) atoms. The molecule has 3 rings (SSSR count). The monoisotopic (exact) mass is 350 g/mol. The summed E-state index contributed by atoms with van der Waals surface area (Å²) in [5.41, 5.74) is 4.34. The molecule has 1 N–H and O–H groups in total. The average molecular weight is 350 g/mol. The smallest absolute Gasteiger partial charge is 0.277 e. The maximum absolute atomic E-state index is 12.7. The van der Waals surface area contributed by atoms with Gasteiger partial charge in [-0.15, -0.1) is 0 Å². The number of carbonyl (C=O) groups excluding carboxylic acids is 2. The summed E-state index contributed by atoms with van der Waals surface area (Å²) < 4.78 is 5.45. The van der Waals surface area contributed by atoms with Gasteiger partial charge < -0.3 is 10.1 Å². The Bertz CT molecular complexity index is 898. The fourth-order valence-corrected chi connectivity index (χ4v) is 2.93. The minimum atomic E-state index is -0.334. The van der Waals surface area contributed by atoms with Crippen LogP contribution in [0.1, 0.15) is 23.6 Å². The van der Waals surface area contributed by atoms with Crippen molar-refractivity contribution in [2.45, 2.75) is 20.8 Å². The van der Waals surface area contributed by atoms with Gasteiger partial charge in [0.25, 0.3) is 11.8 Å². The van der Waals surface area contributed by atoms with Crippen molar-refractivity contribution in [2.75, 3.05) is 19.0 Å². The fourth-order valence-electron chi connectivity index (χ4n) is 2.93. The lowest BCUT2D eigenvalue weighted by molar-refractivity contribution is -0.135. The maximum Gasteiger partial charge on any atom is 0.277 e. The number of hydrogen-bond acceptors (Lipinski definition) is 4. The Labute approximate surface area is 153 Å². The van der Waals surface area contributed by atoms with Crippen molar-refractivity contribution in [3.63, 3.8) is 0 Å². The van der Waals surface area contributed by atoms with Gasteiger partial charge in [0.1, 0.15) is 11.4 Å². The van der Waals surface area contributed by atoms with Gasteiger partial charge in [0, 0.05) is 12.7 Å². The average Bonchev–Trinajstić information content (AvgIpc) is 2.84. The molecule has 0 aromatic heterocycles. The van der Waals surface area contributed by atoms with Crippen LogP contribution in [0.15, 0.2) is 48.2 Å². The molecule has 0 spiro atoms. The van der Waals surface area contributed by atoms with E-state index in [0.717, 1.165) is 27.5 Å². The Hall–Kier alpha value is -3.08. The van der Waals surface area contributed by atoms with Crippen molar-refractivity contribution < 1.29 is 14.3 Å². The molecule has 1 heterocycles. The molecule has 0 fully saturated rings. The first-order chi connectivity index (χ1) is 12.4. The highest BCUT2D eigenvalue weighted by atomic mass is 16.5. The van der Waals surface area contributed by atoms with Gasteiger partial charge in [-0.3, -0.25) is 14.5 Å². The van der Waals surface area contributed by atoms with E-state index in [2.05, 4.69) is 5.32 Å². The van der Waals surface area contributed by atoms with Crippen LogP contribution in [-0.4, -0.2) is 30.4 Å². The van der Waals surface area contributed by atoms with Gasteiger partial charge in [0.05, 0.1) is 12.2 Å². The zero-order valence-corrected chi connectivity index (χ0v) is 15.4. The second kappa shape index (κ2) is 7.04. The van der Waals surface area contributed by atoms with E-state index in [1.807, 2.05) is 39.0 Å². The number of rotatable bonds is 5. The van der Waals surface area contributed by atoms with Gasteiger partial charge in [-0.05, 0) is 55.7 Å². The van der Waals surface area contributed by atoms with Gasteiger partial charge in [0.2, 0.25) is 0 Å². The van der Waals surface area contributed by atoms with E-state index in [1.54, 1.807) is 24.3 Å². The highest BCUT2D eigenvalue weighted by Crippen LogP contribution is 2.31. The van der Waals surface area contributed by atoms with Gasteiger partial charge in [0.15, 0.2) is 0 Å². The van der Waals surface area contributed by atoms with Gasteiger partial charge in [-0.2, -0.15) is 0 Å². The number of carbonyl (C=O) groups is 2. The number of likely N-dealkylation sites (N-methyl/N-ethyl adjacent to an activating group) is 1. The van der Waals surface area contributed by atoms with Crippen LogP contribution < -0.4 is 10.1 Å². The molecule has 2 aromatic rings. The van der Waals surface area contributed by atoms with Gasteiger partial charge in [-0.1, -0.05) is 24.3 Å². The molecule has 2 aromatic carbocycles. The first-order valence-electron chi connectivity index (χ1n) is 8.57. The number of nitrogens with one attached hydrogen (secondary N) is 1. The molecule has 0 saturated heterocycles. The maximum atomic E-state index is 12.7. The van der Waals surface area contributed by atoms with E-state index in [4.69, 9.17) is 4.74 Å². The van der Waals surface area contributed by atoms with Crippen molar-refractivity contribution in [1.82, 2.24) is 4.90 Å². The van der Waals surface area contributed by atoms with Crippen molar-refractivity contribution >= 4 is 23.1 Å². The molecule has 134 valence electrons. The summed E-state index contributed by atoms with van der Waals surface area (Å²) in [4.78, 5) is 26.4. The third kappa shape index (κ3) is 3.08. The molecule has 0 saturated carbocycles. The predicted molar refractivity (Wildman–Crippen MR) is 102 cm³/mol. The van der Waals surface area contributed by atoms with Crippen LogP contribution in [0.5, 0.6) is 5.75 Å². The number of nitrogens with zero attached hydrogens (tertiary/aromatic N) is 1. The number of anilines is 1. The van der Waals surface area contributed by atoms with E-state index in [-0.39, 0.29) is 11.8 Å². The molecule has 5 nitrogen and oxygen atoms in total. The minimum absolute atomic E-state index is 0.301. The van der Waals surface area contributed by atoms with Crippen LogP contribution in [0.25, 0.3) is 5.57 Å². The summed E-state index contributed by atoms with van der Waals surface area (Å²) in [6.45, 7) is 6.48. The Morgan fingerprint density at radius 1 is 1.00 bits per heavy atom. The summed E-state index contributed by atoms with van der Waals surface area (Å²) >= 11 is 0. The van der Waals surface area contributed by atoms with Crippen LogP contribution in [0.2, 0.25) is 0 Å². The zero-order chi connectivity index (χ0) is 18.8. The Morgan fingerprint density at radius 3 is 2.35 bits per heavy atom. The summed E-state index contributed by atoms with van der Waals surface area (Å²) in [7, 11) is 1.50. The molecule has 1 aliphatic heterocycles. The zero-order valence-electron chi connectivity index (χ0n) is 15.4. The van der Waals surface area contributed by atoms with Crippen LogP contribution in [-0.2, 0) is 9.59 Å². The predicted octanol–water partition coefficient (Wildman–Crippen LogP) is 3.52. The van der Waals surface area contributed by atoms with Gasteiger partial charge >= 0.3 is 0 Å². The molecule has 0 bridgehead atoms. The molecular formula is C21H22N2O3. The molecular weight excluding hydrogens is 328 g/mol. The van der Waals surface area contributed by atoms with E-state index >= 15 is 0 Å². The van der Waals surface area contributed by atoms with Crippen LogP contribution in [0.3, 0.4) is 0 Å². The normalized spacial score (nSPS) is 14.2. The van der Waals surface area contributed by atoms with E-state index < -0.39 is 0 Å².